The fraction of sp³-hybridized carbons (Fsp3) is 0.273. The van der Waals surface area contributed by atoms with Crippen LogP contribution >= 0.6 is 0 Å². The van der Waals surface area contributed by atoms with E-state index in [0.717, 1.165) is 6.20 Å². The van der Waals surface area contributed by atoms with Crippen molar-refractivity contribution in [1.29, 1.82) is 5.26 Å². The minimum Gasteiger partial charge on any atom is -0.350 e. The molecule has 0 unspecified atom stereocenters. The Morgan fingerprint density at radius 3 is 2.89 bits per heavy atom. The van der Waals surface area contributed by atoms with Gasteiger partial charge in [-0.25, -0.2) is 14.4 Å². The van der Waals surface area contributed by atoms with Crippen LogP contribution in [0.15, 0.2) is 24.9 Å². The van der Waals surface area contributed by atoms with Gasteiger partial charge in [-0.2, -0.15) is 10.4 Å². The second kappa shape index (κ2) is 4.07. The molecular formula is C11H9FN6. The average Bonchev–Trinajstić information content (AvgIpc) is 2.78. The summed E-state index contributed by atoms with van der Waals surface area (Å²) < 4.78 is 15.1. The molecule has 90 valence electrons. The molecule has 0 N–H and O–H groups in total. The van der Waals surface area contributed by atoms with Crippen molar-refractivity contribution in [3.05, 3.63) is 36.3 Å². The lowest BCUT2D eigenvalue weighted by Crippen LogP contribution is -2.48. The van der Waals surface area contributed by atoms with Crippen molar-refractivity contribution in [1.82, 2.24) is 19.7 Å². The smallest absolute Gasteiger partial charge is 0.183 e. The minimum absolute atomic E-state index is 0.154. The van der Waals surface area contributed by atoms with Crippen LogP contribution in [0.1, 0.15) is 11.6 Å². The Labute approximate surface area is 102 Å². The molecule has 3 rings (SSSR count). The number of rotatable bonds is 2. The highest BCUT2D eigenvalue weighted by Gasteiger charge is 2.31. The Morgan fingerprint density at radius 2 is 2.22 bits per heavy atom. The molecule has 0 amide bonds. The number of hydrogen-bond acceptors (Lipinski definition) is 5. The van der Waals surface area contributed by atoms with Gasteiger partial charge in [-0.3, -0.25) is 4.68 Å². The maximum absolute atomic E-state index is 13.4. The minimum atomic E-state index is -0.422. The summed E-state index contributed by atoms with van der Waals surface area (Å²) in [4.78, 5) is 9.33. The van der Waals surface area contributed by atoms with E-state index < -0.39 is 5.82 Å². The second-order valence-corrected chi connectivity index (χ2v) is 4.07. The van der Waals surface area contributed by atoms with Crippen LogP contribution in [-0.4, -0.2) is 32.8 Å². The fourth-order valence-corrected chi connectivity index (χ4v) is 1.93. The van der Waals surface area contributed by atoms with E-state index in [0.29, 0.717) is 24.5 Å². The summed E-state index contributed by atoms with van der Waals surface area (Å²) in [6.45, 7) is 1.25. The van der Waals surface area contributed by atoms with Crippen molar-refractivity contribution in [3.8, 4) is 6.07 Å². The molecule has 2 aromatic heterocycles. The van der Waals surface area contributed by atoms with Gasteiger partial charge >= 0.3 is 0 Å². The first-order valence-corrected chi connectivity index (χ1v) is 5.42. The zero-order valence-corrected chi connectivity index (χ0v) is 9.36. The molecule has 0 saturated carbocycles. The lowest BCUT2D eigenvalue weighted by Gasteiger charge is -2.39. The molecular weight excluding hydrogens is 235 g/mol. The van der Waals surface area contributed by atoms with Crippen LogP contribution in [0.4, 0.5) is 10.2 Å². The molecule has 18 heavy (non-hydrogen) atoms. The van der Waals surface area contributed by atoms with Gasteiger partial charge < -0.3 is 4.90 Å². The second-order valence-electron chi connectivity index (χ2n) is 4.07. The molecule has 1 aliphatic heterocycles. The van der Waals surface area contributed by atoms with E-state index >= 15 is 0 Å². The third kappa shape index (κ3) is 1.68. The van der Waals surface area contributed by atoms with Crippen molar-refractivity contribution in [3.63, 3.8) is 0 Å². The van der Waals surface area contributed by atoms with Crippen molar-refractivity contribution in [2.45, 2.75) is 6.04 Å². The standard InChI is InChI=1S/C11H9FN6/c12-10-3-14-7-15-11(10)17-5-9(6-17)18-4-8(1-13)2-16-18/h2-4,7,9H,5-6H2. The van der Waals surface area contributed by atoms with Crippen molar-refractivity contribution in [2.75, 3.05) is 18.0 Å². The molecule has 1 saturated heterocycles. The number of nitrogens with zero attached hydrogens (tertiary/aromatic N) is 6. The predicted molar refractivity (Wildman–Crippen MR) is 60.2 cm³/mol. The lowest BCUT2D eigenvalue weighted by molar-refractivity contribution is 0.361. The highest BCUT2D eigenvalue weighted by molar-refractivity contribution is 5.42. The molecule has 0 aliphatic carbocycles. The maximum Gasteiger partial charge on any atom is 0.183 e. The van der Waals surface area contributed by atoms with Gasteiger partial charge in [-0.15, -0.1) is 0 Å². The van der Waals surface area contributed by atoms with Gasteiger partial charge in [0.1, 0.15) is 12.4 Å². The van der Waals surface area contributed by atoms with Crippen LogP contribution in [0.5, 0.6) is 0 Å². The van der Waals surface area contributed by atoms with E-state index in [9.17, 15) is 4.39 Å². The SMILES string of the molecule is N#Cc1cnn(C2CN(c3ncncc3F)C2)c1. The third-order valence-corrected chi connectivity index (χ3v) is 2.91. The summed E-state index contributed by atoms with van der Waals surface area (Å²) >= 11 is 0. The maximum atomic E-state index is 13.4. The topological polar surface area (TPSA) is 70.6 Å². The summed E-state index contributed by atoms with van der Waals surface area (Å²) in [5.74, 6) is -0.108. The molecule has 0 aromatic carbocycles. The van der Waals surface area contributed by atoms with Crippen LogP contribution in [0.25, 0.3) is 0 Å². The van der Waals surface area contributed by atoms with Gasteiger partial charge in [0.15, 0.2) is 11.6 Å². The normalized spacial score (nSPS) is 15.2. The first-order valence-electron chi connectivity index (χ1n) is 5.42. The van der Waals surface area contributed by atoms with Crippen molar-refractivity contribution >= 4 is 5.82 Å². The molecule has 6 nitrogen and oxygen atoms in total. The number of anilines is 1. The molecule has 0 bridgehead atoms. The summed E-state index contributed by atoms with van der Waals surface area (Å²) in [5, 5.41) is 12.8. The van der Waals surface area contributed by atoms with Gasteiger partial charge in [0.25, 0.3) is 0 Å². The Balaban J connectivity index is 1.71. The quantitative estimate of drug-likeness (QED) is 0.779. The molecule has 0 atom stereocenters. The number of halogens is 1. The first kappa shape index (κ1) is 10.7. The number of aromatic nitrogens is 4. The molecule has 7 heteroatoms. The van der Waals surface area contributed by atoms with Gasteiger partial charge in [0.05, 0.1) is 24.0 Å². The van der Waals surface area contributed by atoms with E-state index in [1.807, 2.05) is 11.0 Å². The van der Waals surface area contributed by atoms with E-state index in [1.54, 1.807) is 10.9 Å². The lowest BCUT2D eigenvalue weighted by atomic mass is 10.1. The third-order valence-electron chi connectivity index (χ3n) is 2.91. The predicted octanol–water partition coefficient (Wildman–Crippen LogP) is 0.745. The van der Waals surface area contributed by atoms with Crippen LogP contribution in [0, 0.1) is 17.1 Å². The van der Waals surface area contributed by atoms with Gasteiger partial charge in [0, 0.05) is 19.3 Å². The zero-order valence-electron chi connectivity index (χ0n) is 9.36. The Bertz CT molecular complexity index is 610. The molecule has 3 heterocycles. The van der Waals surface area contributed by atoms with Crippen LogP contribution in [-0.2, 0) is 0 Å². The van der Waals surface area contributed by atoms with E-state index in [2.05, 4.69) is 15.1 Å². The largest absolute Gasteiger partial charge is 0.350 e. The van der Waals surface area contributed by atoms with Gasteiger partial charge in [-0.1, -0.05) is 0 Å². The highest BCUT2D eigenvalue weighted by Crippen LogP contribution is 2.27. The van der Waals surface area contributed by atoms with Crippen LogP contribution < -0.4 is 4.90 Å². The Morgan fingerprint density at radius 1 is 1.39 bits per heavy atom. The fourth-order valence-electron chi connectivity index (χ4n) is 1.93. The first-order chi connectivity index (χ1) is 8.78. The molecule has 0 radical (unpaired) electrons. The molecule has 2 aromatic rings. The van der Waals surface area contributed by atoms with Crippen molar-refractivity contribution in [2.24, 2.45) is 0 Å². The Kier molecular flexibility index (Phi) is 2.41. The molecule has 1 fully saturated rings. The average molecular weight is 244 g/mol. The van der Waals surface area contributed by atoms with Gasteiger partial charge in [0.2, 0.25) is 0 Å². The summed E-state index contributed by atoms with van der Waals surface area (Å²) in [6, 6.07) is 2.18. The highest BCUT2D eigenvalue weighted by atomic mass is 19.1. The number of nitriles is 1. The van der Waals surface area contributed by atoms with Crippen molar-refractivity contribution < 1.29 is 4.39 Å². The van der Waals surface area contributed by atoms with E-state index in [-0.39, 0.29) is 6.04 Å². The molecule has 1 aliphatic rings. The summed E-state index contributed by atoms with van der Waals surface area (Å²) in [7, 11) is 0. The Hall–Kier alpha value is -2.49. The summed E-state index contributed by atoms with van der Waals surface area (Å²) in [5.41, 5.74) is 0.529. The monoisotopic (exact) mass is 244 g/mol. The van der Waals surface area contributed by atoms with Crippen LogP contribution in [0.3, 0.4) is 0 Å². The zero-order chi connectivity index (χ0) is 12.5. The van der Waals surface area contributed by atoms with Crippen LogP contribution in [0.2, 0.25) is 0 Å². The summed E-state index contributed by atoms with van der Waals surface area (Å²) in [6.07, 6.45) is 5.69. The van der Waals surface area contributed by atoms with E-state index in [1.165, 1.54) is 12.5 Å². The number of hydrogen-bond donors (Lipinski definition) is 0. The van der Waals surface area contributed by atoms with Gasteiger partial charge in [-0.05, 0) is 0 Å². The van der Waals surface area contributed by atoms with E-state index in [4.69, 9.17) is 5.26 Å². The molecule has 0 spiro atoms.